The van der Waals surface area contributed by atoms with Crippen LogP contribution in [0, 0.1) is 11.7 Å². The lowest BCUT2D eigenvalue weighted by Gasteiger charge is -2.30. The molecule has 4 nitrogen and oxygen atoms in total. The van der Waals surface area contributed by atoms with Crippen molar-refractivity contribution in [3.63, 3.8) is 0 Å². The maximum absolute atomic E-state index is 14.1. The number of halogens is 1. The third kappa shape index (κ3) is 3.80. The second kappa shape index (κ2) is 7.20. The van der Waals surface area contributed by atoms with Crippen LogP contribution in [-0.4, -0.2) is 18.5 Å². The summed E-state index contributed by atoms with van der Waals surface area (Å²) in [6.07, 6.45) is 2.29. The molecule has 1 amide bonds. The first-order valence-corrected chi connectivity index (χ1v) is 7.34. The van der Waals surface area contributed by atoms with Crippen LogP contribution in [0.15, 0.2) is 24.3 Å². The number of carbonyl (C=O) groups excluding carboxylic acids is 2. The lowest BCUT2D eigenvalue weighted by atomic mass is 9.80. The van der Waals surface area contributed by atoms with Crippen molar-refractivity contribution in [2.24, 2.45) is 5.92 Å². The van der Waals surface area contributed by atoms with E-state index in [2.05, 4.69) is 5.32 Å². The predicted octanol–water partition coefficient (Wildman–Crippen LogP) is 3.37. The first-order chi connectivity index (χ1) is 10.1. The number of nitrogens with one attached hydrogen (secondary N) is 1. The third-order valence-corrected chi connectivity index (χ3v) is 3.79. The molecule has 1 N–H and O–H groups in total. The minimum absolute atomic E-state index is 0.0753. The summed E-state index contributed by atoms with van der Waals surface area (Å²) in [5.41, 5.74) is 0.339. The molecule has 2 atom stereocenters. The van der Waals surface area contributed by atoms with Crippen LogP contribution in [0.2, 0.25) is 0 Å². The number of ether oxygens (including phenoxy) is 1. The van der Waals surface area contributed by atoms with Gasteiger partial charge in [-0.25, -0.2) is 9.18 Å². The van der Waals surface area contributed by atoms with Gasteiger partial charge in [-0.15, -0.1) is 0 Å². The molecular weight excluding hydrogens is 273 g/mol. The summed E-state index contributed by atoms with van der Waals surface area (Å²) in [5, 5.41) is 2.65. The van der Waals surface area contributed by atoms with Crippen LogP contribution in [0.25, 0.3) is 0 Å². The Hall–Kier alpha value is -1.91. The van der Waals surface area contributed by atoms with E-state index < -0.39 is 18.0 Å². The molecule has 0 aliphatic heterocycles. The Morgan fingerprint density at radius 1 is 1.43 bits per heavy atom. The Morgan fingerprint density at radius 2 is 2.19 bits per heavy atom. The number of Topliss-reactive ketones (excluding diaryl/α,β-unsaturated/α-hetero) is 1. The zero-order valence-corrected chi connectivity index (χ0v) is 12.1. The number of benzene rings is 1. The van der Waals surface area contributed by atoms with Crippen molar-refractivity contribution >= 4 is 11.9 Å². The third-order valence-electron chi connectivity index (χ3n) is 3.79. The topological polar surface area (TPSA) is 55.4 Å². The Labute approximate surface area is 123 Å². The van der Waals surface area contributed by atoms with E-state index >= 15 is 0 Å². The Morgan fingerprint density at radius 3 is 2.86 bits per heavy atom. The van der Waals surface area contributed by atoms with Gasteiger partial charge in [0.25, 0.3) is 0 Å². The van der Waals surface area contributed by atoms with Crippen molar-refractivity contribution in [2.75, 3.05) is 6.61 Å². The van der Waals surface area contributed by atoms with Gasteiger partial charge in [-0.1, -0.05) is 24.6 Å². The molecular formula is C16H20FNO3. The average Bonchev–Trinajstić information content (AvgIpc) is 2.47. The molecule has 0 heterocycles. The molecule has 1 aromatic carbocycles. The fourth-order valence-electron chi connectivity index (χ4n) is 2.78. The van der Waals surface area contributed by atoms with Gasteiger partial charge in [-0.2, -0.15) is 0 Å². The normalized spacial score (nSPS) is 19.9. The summed E-state index contributed by atoms with van der Waals surface area (Å²) < 4.78 is 18.9. The van der Waals surface area contributed by atoms with Gasteiger partial charge < -0.3 is 10.1 Å². The van der Waals surface area contributed by atoms with Crippen molar-refractivity contribution in [2.45, 2.75) is 38.6 Å². The monoisotopic (exact) mass is 293 g/mol. The molecule has 1 aliphatic rings. The predicted molar refractivity (Wildman–Crippen MR) is 76.3 cm³/mol. The molecule has 0 aromatic heterocycles. The summed E-state index contributed by atoms with van der Waals surface area (Å²) in [5.74, 6) is -0.732. The molecule has 1 saturated carbocycles. The fourth-order valence-corrected chi connectivity index (χ4v) is 2.78. The van der Waals surface area contributed by atoms with Crippen LogP contribution in [0.3, 0.4) is 0 Å². The maximum Gasteiger partial charge on any atom is 0.407 e. The molecule has 0 bridgehead atoms. The van der Waals surface area contributed by atoms with E-state index in [1.165, 1.54) is 6.07 Å². The number of hydrogen-bond acceptors (Lipinski definition) is 3. The molecule has 114 valence electrons. The molecule has 2 rings (SSSR count). The number of hydrogen-bond donors (Lipinski definition) is 1. The summed E-state index contributed by atoms with van der Waals surface area (Å²) >= 11 is 0. The van der Waals surface area contributed by atoms with Crippen molar-refractivity contribution in [3.05, 3.63) is 35.6 Å². The number of alkyl carbamates (subject to hydrolysis) is 1. The average molecular weight is 293 g/mol. The molecule has 0 radical (unpaired) electrons. The first kappa shape index (κ1) is 15.5. The van der Waals surface area contributed by atoms with Gasteiger partial charge in [0, 0.05) is 17.9 Å². The van der Waals surface area contributed by atoms with E-state index in [0.29, 0.717) is 18.4 Å². The lowest BCUT2D eigenvalue weighted by Crippen LogP contribution is -2.38. The van der Waals surface area contributed by atoms with Crippen molar-refractivity contribution < 1.29 is 18.7 Å². The van der Waals surface area contributed by atoms with Crippen LogP contribution >= 0.6 is 0 Å². The molecule has 1 fully saturated rings. The molecule has 21 heavy (non-hydrogen) atoms. The van der Waals surface area contributed by atoms with Crippen LogP contribution < -0.4 is 5.32 Å². The quantitative estimate of drug-likeness (QED) is 0.926. The Bertz CT molecular complexity index is 518. The van der Waals surface area contributed by atoms with E-state index in [-0.39, 0.29) is 18.3 Å². The number of rotatable bonds is 4. The SMILES string of the molecule is CCOC(=O)N[C@H](c1ccccc1F)[C@H]1CCCCC1=O. The highest BCUT2D eigenvalue weighted by Gasteiger charge is 2.34. The summed E-state index contributed by atoms with van der Waals surface area (Å²) in [4.78, 5) is 23.9. The van der Waals surface area contributed by atoms with Gasteiger partial charge in [0.1, 0.15) is 11.6 Å². The minimum Gasteiger partial charge on any atom is -0.450 e. The molecule has 0 spiro atoms. The van der Waals surface area contributed by atoms with E-state index in [1.807, 2.05) is 0 Å². The molecule has 5 heteroatoms. The standard InChI is InChI=1S/C16H20FNO3/c1-2-21-16(20)18-15(11-7-3-5-9-13(11)17)12-8-4-6-10-14(12)19/h3,5,7,9,12,15H,2,4,6,8,10H2,1H3,(H,18,20)/t12-,15+/m0/s1. The lowest BCUT2D eigenvalue weighted by molar-refractivity contribution is -0.125. The maximum atomic E-state index is 14.1. The zero-order valence-electron chi connectivity index (χ0n) is 12.1. The van der Waals surface area contributed by atoms with Gasteiger partial charge >= 0.3 is 6.09 Å². The highest BCUT2D eigenvalue weighted by atomic mass is 19.1. The number of carbonyl (C=O) groups is 2. The smallest absolute Gasteiger partial charge is 0.407 e. The molecule has 0 unspecified atom stereocenters. The van der Waals surface area contributed by atoms with Crippen molar-refractivity contribution in [1.29, 1.82) is 0 Å². The van der Waals surface area contributed by atoms with Gasteiger partial charge in [-0.3, -0.25) is 4.79 Å². The summed E-state index contributed by atoms with van der Waals surface area (Å²) in [7, 11) is 0. The molecule has 1 aromatic rings. The van der Waals surface area contributed by atoms with E-state index in [1.54, 1.807) is 25.1 Å². The van der Waals surface area contributed by atoms with Crippen LogP contribution in [-0.2, 0) is 9.53 Å². The van der Waals surface area contributed by atoms with Crippen molar-refractivity contribution in [1.82, 2.24) is 5.32 Å². The Balaban J connectivity index is 2.27. The van der Waals surface area contributed by atoms with Gasteiger partial charge in [0.2, 0.25) is 0 Å². The van der Waals surface area contributed by atoms with E-state index in [9.17, 15) is 14.0 Å². The number of ketones is 1. The van der Waals surface area contributed by atoms with Gasteiger partial charge in [0.15, 0.2) is 0 Å². The fraction of sp³-hybridized carbons (Fsp3) is 0.500. The second-order valence-corrected chi connectivity index (χ2v) is 5.18. The molecule has 0 saturated heterocycles. The van der Waals surface area contributed by atoms with Crippen LogP contribution in [0.1, 0.15) is 44.2 Å². The summed E-state index contributed by atoms with van der Waals surface area (Å²) in [6.45, 7) is 1.93. The van der Waals surface area contributed by atoms with E-state index in [0.717, 1.165) is 12.8 Å². The zero-order chi connectivity index (χ0) is 15.2. The minimum atomic E-state index is -0.668. The largest absolute Gasteiger partial charge is 0.450 e. The van der Waals surface area contributed by atoms with Crippen LogP contribution in [0.4, 0.5) is 9.18 Å². The van der Waals surface area contributed by atoms with Crippen molar-refractivity contribution in [3.8, 4) is 0 Å². The summed E-state index contributed by atoms with van der Waals surface area (Å²) in [6, 6.07) is 5.56. The second-order valence-electron chi connectivity index (χ2n) is 5.18. The van der Waals surface area contributed by atoms with Gasteiger partial charge in [-0.05, 0) is 25.8 Å². The highest BCUT2D eigenvalue weighted by molar-refractivity contribution is 5.83. The number of amides is 1. The van der Waals surface area contributed by atoms with E-state index in [4.69, 9.17) is 4.74 Å². The Kier molecular flexibility index (Phi) is 5.31. The first-order valence-electron chi connectivity index (χ1n) is 7.34. The molecule has 1 aliphatic carbocycles. The van der Waals surface area contributed by atoms with Gasteiger partial charge in [0.05, 0.1) is 12.6 Å². The highest BCUT2D eigenvalue weighted by Crippen LogP contribution is 2.33. The van der Waals surface area contributed by atoms with Crippen LogP contribution in [0.5, 0.6) is 0 Å².